The van der Waals surface area contributed by atoms with Crippen LogP contribution < -0.4 is 10.2 Å². The van der Waals surface area contributed by atoms with Crippen LogP contribution in [0.3, 0.4) is 0 Å². The molecule has 3 aromatic carbocycles. The van der Waals surface area contributed by atoms with E-state index in [9.17, 15) is 22.8 Å². The van der Waals surface area contributed by atoms with E-state index in [0.717, 1.165) is 53.2 Å². The molecule has 0 saturated heterocycles. The molecule has 1 fully saturated rings. The van der Waals surface area contributed by atoms with Crippen LogP contribution >= 0.6 is 0 Å². The van der Waals surface area contributed by atoms with E-state index in [4.69, 9.17) is 0 Å². The van der Waals surface area contributed by atoms with Crippen LogP contribution in [0.2, 0.25) is 0 Å². The quantitative estimate of drug-likeness (QED) is 0.296. The van der Waals surface area contributed by atoms with Gasteiger partial charge in [0.1, 0.15) is 12.6 Å². The van der Waals surface area contributed by atoms with E-state index in [1.807, 2.05) is 73.8 Å². The number of halogens is 3. The second-order valence-electron chi connectivity index (χ2n) is 10.2. The summed E-state index contributed by atoms with van der Waals surface area (Å²) in [5, 5.41) is 2.67. The first kappa shape index (κ1) is 25.7. The fourth-order valence-corrected chi connectivity index (χ4v) is 5.24. The zero-order valence-corrected chi connectivity index (χ0v) is 21.7. The Morgan fingerprint density at radius 3 is 2.23 bits per heavy atom. The van der Waals surface area contributed by atoms with Crippen LogP contribution in [0, 0.1) is 6.92 Å². The van der Waals surface area contributed by atoms with Gasteiger partial charge >= 0.3 is 12.2 Å². The average Bonchev–Trinajstić information content (AvgIpc) is 3.66. The predicted octanol–water partition coefficient (Wildman–Crippen LogP) is 6.94. The number of aryl methyl sites for hydroxylation is 1. The Balaban J connectivity index is 1.31. The third-order valence-electron chi connectivity index (χ3n) is 7.40. The zero-order valence-electron chi connectivity index (χ0n) is 21.7. The number of hydrogen-bond donors (Lipinski definition) is 1. The first-order valence-electron chi connectivity index (χ1n) is 13.1. The molecule has 2 aliphatic rings. The largest absolute Gasteiger partial charge is 0.416 e. The fraction of sp³-hybridized carbons (Fsp3) is 0.226. The molecular weight excluding hydrogens is 517 g/mol. The monoisotopic (exact) mass is 544 g/mol. The summed E-state index contributed by atoms with van der Waals surface area (Å²) < 4.78 is 41.0. The van der Waals surface area contributed by atoms with Gasteiger partial charge in [-0.15, -0.1) is 0 Å². The van der Waals surface area contributed by atoms with Crippen LogP contribution in [0.5, 0.6) is 0 Å². The number of aromatic nitrogens is 1. The van der Waals surface area contributed by atoms with Crippen molar-refractivity contribution in [1.29, 1.82) is 0 Å². The number of fused-ring (bicyclic) bond motifs is 3. The molecule has 1 N–H and O–H groups in total. The Bertz CT molecular complexity index is 1560. The van der Waals surface area contributed by atoms with Gasteiger partial charge in [-0.05, 0) is 73.9 Å². The van der Waals surface area contributed by atoms with Gasteiger partial charge in [0.05, 0.1) is 22.6 Å². The summed E-state index contributed by atoms with van der Waals surface area (Å²) in [7, 11) is 0. The molecule has 1 aliphatic heterocycles. The van der Waals surface area contributed by atoms with Gasteiger partial charge in [-0.3, -0.25) is 9.69 Å². The maximum atomic E-state index is 14.2. The number of para-hydroxylation sites is 2. The van der Waals surface area contributed by atoms with E-state index in [1.54, 1.807) is 4.90 Å². The zero-order chi connectivity index (χ0) is 28.0. The maximum absolute atomic E-state index is 14.2. The molecule has 1 aliphatic carbocycles. The predicted molar refractivity (Wildman–Crippen MR) is 146 cm³/mol. The Hall–Kier alpha value is -4.53. The van der Waals surface area contributed by atoms with Gasteiger partial charge in [-0.25, -0.2) is 4.79 Å². The van der Waals surface area contributed by atoms with Crippen LogP contribution in [0.1, 0.15) is 41.3 Å². The summed E-state index contributed by atoms with van der Waals surface area (Å²) in [5.74, 6) is -0.250. The normalized spacial score (nSPS) is 16.2. The van der Waals surface area contributed by atoms with Gasteiger partial charge in [0.15, 0.2) is 0 Å². The lowest BCUT2D eigenvalue weighted by atomic mass is 9.97. The topological polar surface area (TPSA) is 57.6 Å². The number of nitrogens with zero attached hydrogens (tertiary/aromatic N) is 3. The van der Waals surface area contributed by atoms with Crippen molar-refractivity contribution in [3.63, 3.8) is 0 Å². The highest BCUT2D eigenvalue weighted by Crippen LogP contribution is 2.42. The molecule has 6 rings (SSSR count). The number of amides is 3. The van der Waals surface area contributed by atoms with E-state index in [2.05, 4.69) is 9.88 Å². The van der Waals surface area contributed by atoms with Crippen LogP contribution in [-0.2, 0) is 11.0 Å². The van der Waals surface area contributed by atoms with E-state index < -0.39 is 23.8 Å². The number of carbonyl (C=O) groups excluding carboxylic acids is 2. The fourth-order valence-electron chi connectivity index (χ4n) is 5.24. The van der Waals surface area contributed by atoms with Crippen molar-refractivity contribution in [3.05, 3.63) is 114 Å². The van der Waals surface area contributed by atoms with Crippen molar-refractivity contribution in [3.8, 4) is 5.69 Å². The number of urea groups is 1. The van der Waals surface area contributed by atoms with Crippen LogP contribution in [0.25, 0.3) is 5.69 Å². The highest BCUT2D eigenvalue weighted by atomic mass is 19.4. The molecule has 204 valence electrons. The molecule has 2 heterocycles. The standard InChI is InChI=1S/C31H27F3N4O2/c1-20-8-10-21(11-9-20)29-27-7-4-18-36(27)25-5-2-3-6-26(25)38(29)28(39)19-37(24-16-17-24)30(40)35-23-14-12-22(13-15-23)31(32,33)34/h2-15,18,24,29H,16-17,19H2,1H3,(H,35,40). The molecule has 1 atom stereocenters. The third-order valence-corrected chi connectivity index (χ3v) is 7.40. The van der Waals surface area contributed by atoms with Gasteiger partial charge in [0.25, 0.3) is 0 Å². The molecule has 1 unspecified atom stereocenters. The van der Waals surface area contributed by atoms with Gasteiger partial charge < -0.3 is 14.8 Å². The first-order chi connectivity index (χ1) is 19.2. The SMILES string of the molecule is Cc1ccc(C2c3cccn3-c3ccccc3N2C(=O)CN(C(=O)Nc2ccc(C(F)(F)F)cc2)C2CC2)cc1. The molecular formula is C31H27F3N4O2. The van der Waals surface area contributed by atoms with E-state index >= 15 is 0 Å². The minimum absolute atomic E-state index is 0.111. The molecule has 6 nitrogen and oxygen atoms in total. The van der Waals surface area contributed by atoms with Crippen LogP contribution in [-0.4, -0.2) is 34.0 Å². The van der Waals surface area contributed by atoms with Gasteiger partial charge in [0.2, 0.25) is 5.91 Å². The first-order valence-corrected chi connectivity index (χ1v) is 13.1. The van der Waals surface area contributed by atoms with Crippen LogP contribution in [0.4, 0.5) is 29.3 Å². The van der Waals surface area contributed by atoms with Crippen LogP contribution in [0.15, 0.2) is 91.1 Å². The molecule has 1 saturated carbocycles. The van der Waals surface area contributed by atoms with Gasteiger partial charge in [-0.2, -0.15) is 13.2 Å². The summed E-state index contributed by atoms with van der Waals surface area (Å²) in [5.41, 5.74) is 4.02. The van der Waals surface area contributed by atoms with Gasteiger partial charge in [0, 0.05) is 17.9 Å². The Morgan fingerprint density at radius 1 is 0.900 bits per heavy atom. The van der Waals surface area contributed by atoms with E-state index in [-0.39, 0.29) is 24.2 Å². The maximum Gasteiger partial charge on any atom is 0.416 e. The number of alkyl halides is 3. The number of benzene rings is 3. The second-order valence-corrected chi connectivity index (χ2v) is 10.2. The Morgan fingerprint density at radius 2 is 1.57 bits per heavy atom. The molecule has 4 aromatic rings. The minimum Gasteiger partial charge on any atom is -0.316 e. The molecule has 40 heavy (non-hydrogen) atoms. The summed E-state index contributed by atoms with van der Waals surface area (Å²) in [6.07, 6.45) is -0.970. The second kappa shape index (κ2) is 9.89. The average molecular weight is 545 g/mol. The smallest absolute Gasteiger partial charge is 0.316 e. The van der Waals surface area contributed by atoms with Crippen molar-refractivity contribution in [2.24, 2.45) is 0 Å². The van der Waals surface area contributed by atoms with Crippen molar-refractivity contribution < 1.29 is 22.8 Å². The highest BCUT2D eigenvalue weighted by Gasteiger charge is 2.40. The molecule has 0 spiro atoms. The van der Waals surface area contributed by atoms with Gasteiger partial charge in [-0.1, -0.05) is 42.0 Å². The lowest BCUT2D eigenvalue weighted by Gasteiger charge is -2.39. The number of carbonyl (C=O) groups is 2. The van der Waals surface area contributed by atoms with Crippen molar-refractivity contribution in [2.45, 2.75) is 38.0 Å². The van der Waals surface area contributed by atoms with Crippen molar-refractivity contribution in [1.82, 2.24) is 9.47 Å². The lowest BCUT2D eigenvalue weighted by Crippen LogP contribution is -2.48. The third kappa shape index (κ3) is 4.83. The van der Waals surface area contributed by atoms with E-state index in [1.165, 1.54) is 17.0 Å². The number of hydrogen-bond acceptors (Lipinski definition) is 2. The number of anilines is 2. The molecule has 0 radical (unpaired) electrons. The lowest BCUT2D eigenvalue weighted by molar-refractivity contribution is -0.137. The summed E-state index contributed by atoms with van der Waals surface area (Å²) in [6.45, 7) is 1.84. The Labute approximate surface area is 229 Å². The molecule has 1 aromatic heterocycles. The molecule has 9 heteroatoms. The minimum atomic E-state index is -4.46. The Kier molecular flexibility index (Phi) is 6.37. The summed E-state index contributed by atoms with van der Waals surface area (Å²) in [6, 6.07) is 22.9. The molecule has 3 amide bonds. The van der Waals surface area contributed by atoms with E-state index in [0.29, 0.717) is 0 Å². The summed E-state index contributed by atoms with van der Waals surface area (Å²) >= 11 is 0. The van der Waals surface area contributed by atoms with Crippen molar-refractivity contribution in [2.75, 3.05) is 16.8 Å². The number of rotatable bonds is 5. The highest BCUT2D eigenvalue weighted by molar-refractivity contribution is 6.01. The van der Waals surface area contributed by atoms with Crippen molar-refractivity contribution >= 4 is 23.3 Å². The number of nitrogens with one attached hydrogen (secondary N) is 1. The molecule has 0 bridgehead atoms. The summed E-state index contributed by atoms with van der Waals surface area (Å²) in [4.78, 5) is 30.7.